The number of rotatable bonds is 2. The van der Waals surface area contributed by atoms with E-state index in [9.17, 15) is 0 Å². The van der Waals surface area contributed by atoms with Gasteiger partial charge in [0.15, 0.2) is 0 Å². The average Bonchev–Trinajstić information content (AvgIpc) is 2.53. The smallest absolute Gasteiger partial charge is 0.00578 e. The highest BCUT2D eigenvalue weighted by molar-refractivity contribution is 5.75. The third-order valence-electron chi connectivity index (χ3n) is 3.69. The van der Waals surface area contributed by atoms with Gasteiger partial charge in [-0.25, -0.2) is 0 Å². The summed E-state index contributed by atoms with van der Waals surface area (Å²) >= 11 is 0. The molecule has 1 aliphatic carbocycles. The first-order chi connectivity index (χ1) is 7.17. The highest BCUT2D eigenvalue weighted by atomic mass is 14.2. The second-order valence-corrected chi connectivity index (χ2v) is 4.57. The number of allylic oxidation sites excluding steroid dienone is 2. The Morgan fingerprint density at radius 1 is 1.00 bits per heavy atom. The van der Waals surface area contributed by atoms with Gasteiger partial charge in [-0.05, 0) is 60.9 Å². The Hall–Kier alpha value is -1.04. The van der Waals surface area contributed by atoms with Crippen molar-refractivity contribution < 1.29 is 0 Å². The van der Waals surface area contributed by atoms with Gasteiger partial charge in [-0.3, -0.25) is 0 Å². The van der Waals surface area contributed by atoms with Gasteiger partial charge in [0.2, 0.25) is 0 Å². The summed E-state index contributed by atoms with van der Waals surface area (Å²) in [5.41, 5.74) is 9.16. The Labute approximate surface area is 93.0 Å². The average molecular weight is 200 g/mol. The molecule has 0 unspecified atom stereocenters. The van der Waals surface area contributed by atoms with Crippen molar-refractivity contribution >= 4 is 5.57 Å². The summed E-state index contributed by atoms with van der Waals surface area (Å²) in [6, 6.07) is 4.84. The van der Waals surface area contributed by atoms with Crippen LogP contribution in [0.5, 0.6) is 0 Å². The number of benzene rings is 1. The molecule has 0 nitrogen and oxygen atoms in total. The molecular weight excluding hydrogens is 180 g/mol. The van der Waals surface area contributed by atoms with Crippen molar-refractivity contribution in [2.75, 3.05) is 0 Å². The molecule has 0 N–H and O–H groups in total. The number of hydrogen-bond acceptors (Lipinski definition) is 0. The van der Waals surface area contributed by atoms with E-state index in [0.717, 1.165) is 19.3 Å². The van der Waals surface area contributed by atoms with E-state index in [2.05, 4.69) is 39.8 Å². The Kier molecular flexibility index (Phi) is 2.68. The van der Waals surface area contributed by atoms with E-state index >= 15 is 0 Å². The predicted octanol–water partition coefficient (Wildman–Crippen LogP) is 4.16. The van der Waals surface area contributed by atoms with E-state index in [4.69, 9.17) is 0 Å². The fourth-order valence-electron chi connectivity index (χ4n) is 2.54. The second kappa shape index (κ2) is 3.84. The van der Waals surface area contributed by atoms with Gasteiger partial charge in [0, 0.05) is 0 Å². The third kappa shape index (κ3) is 1.62. The minimum atomic E-state index is 1.16. The van der Waals surface area contributed by atoms with Crippen molar-refractivity contribution in [3.63, 3.8) is 0 Å². The maximum atomic E-state index is 2.42. The third-order valence-corrected chi connectivity index (χ3v) is 3.69. The fourth-order valence-corrected chi connectivity index (χ4v) is 2.54. The van der Waals surface area contributed by atoms with E-state index in [1.165, 1.54) is 16.7 Å². The SMILES string of the molecule is CCc1cc2c(cc1CC)C(C)=C(C)C2. The number of aryl methyl sites for hydroxylation is 2. The van der Waals surface area contributed by atoms with Crippen LogP contribution in [0, 0.1) is 0 Å². The summed E-state index contributed by atoms with van der Waals surface area (Å²) in [6.07, 6.45) is 3.48. The van der Waals surface area contributed by atoms with Gasteiger partial charge in [-0.1, -0.05) is 31.6 Å². The molecule has 0 heteroatoms. The minimum Gasteiger partial charge on any atom is -0.0654 e. The molecule has 0 saturated heterocycles. The molecule has 0 aromatic heterocycles. The quantitative estimate of drug-likeness (QED) is 0.672. The van der Waals surface area contributed by atoms with Crippen molar-refractivity contribution in [3.05, 3.63) is 40.0 Å². The predicted molar refractivity (Wildman–Crippen MR) is 67.2 cm³/mol. The van der Waals surface area contributed by atoms with Gasteiger partial charge >= 0.3 is 0 Å². The molecule has 1 aromatic rings. The maximum absolute atomic E-state index is 2.42. The first kappa shape index (κ1) is 10.5. The van der Waals surface area contributed by atoms with Crippen LogP contribution in [-0.4, -0.2) is 0 Å². The molecule has 0 aliphatic heterocycles. The van der Waals surface area contributed by atoms with Crippen LogP contribution in [0.1, 0.15) is 49.9 Å². The zero-order chi connectivity index (χ0) is 11.0. The van der Waals surface area contributed by atoms with Crippen LogP contribution in [0.4, 0.5) is 0 Å². The van der Waals surface area contributed by atoms with Crippen molar-refractivity contribution in [3.8, 4) is 0 Å². The molecule has 1 aliphatic rings. The van der Waals surface area contributed by atoms with Gasteiger partial charge < -0.3 is 0 Å². The molecule has 0 heterocycles. The summed E-state index contributed by atoms with van der Waals surface area (Å²) in [5, 5.41) is 0. The highest BCUT2D eigenvalue weighted by Crippen LogP contribution is 2.34. The molecule has 80 valence electrons. The van der Waals surface area contributed by atoms with Crippen molar-refractivity contribution in [1.29, 1.82) is 0 Å². The molecule has 1 aromatic carbocycles. The van der Waals surface area contributed by atoms with E-state index in [-0.39, 0.29) is 0 Å². The molecule has 0 radical (unpaired) electrons. The molecule has 0 saturated carbocycles. The molecule has 0 spiro atoms. The second-order valence-electron chi connectivity index (χ2n) is 4.57. The topological polar surface area (TPSA) is 0 Å². The van der Waals surface area contributed by atoms with Gasteiger partial charge in [0.05, 0.1) is 0 Å². The normalized spacial score (nSPS) is 14.7. The van der Waals surface area contributed by atoms with Crippen LogP contribution in [0.15, 0.2) is 17.7 Å². The zero-order valence-electron chi connectivity index (χ0n) is 10.3. The summed E-state index contributed by atoms with van der Waals surface area (Å²) in [6.45, 7) is 9.02. The number of hydrogen-bond donors (Lipinski definition) is 0. The van der Waals surface area contributed by atoms with E-state index < -0.39 is 0 Å². The highest BCUT2D eigenvalue weighted by Gasteiger charge is 2.17. The molecule has 0 atom stereocenters. The Bertz CT molecular complexity index is 422. The Morgan fingerprint density at radius 3 is 2.20 bits per heavy atom. The molecule has 15 heavy (non-hydrogen) atoms. The van der Waals surface area contributed by atoms with E-state index in [0.29, 0.717) is 0 Å². The first-order valence-corrected chi connectivity index (χ1v) is 5.98. The van der Waals surface area contributed by atoms with Crippen LogP contribution in [0.25, 0.3) is 5.57 Å². The van der Waals surface area contributed by atoms with Crippen molar-refractivity contribution in [2.45, 2.75) is 47.0 Å². The molecule has 2 rings (SSSR count). The van der Waals surface area contributed by atoms with Gasteiger partial charge in [0.1, 0.15) is 0 Å². The largest absolute Gasteiger partial charge is 0.0654 e. The minimum absolute atomic E-state index is 1.16. The summed E-state index contributed by atoms with van der Waals surface area (Å²) in [4.78, 5) is 0. The van der Waals surface area contributed by atoms with Crippen LogP contribution < -0.4 is 0 Å². The maximum Gasteiger partial charge on any atom is -0.00578 e. The Balaban J connectivity index is 2.55. The van der Waals surface area contributed by atoms with Gasteiger partial charge in [-0.2, -0.15) is 0 Å². The fraction of sp³-hybridized carbons (Fsp3) is 0.467. The van der Waals surface area contributed by atoms with Crippen LogP contribution in [-0.2, 0) is 19.3 Å². The van der Waals surface area contributed by atoms with Crippen LogP contribution in [0.3, 0.4) is 0 Å². The summed E-state index contributed by atoms with van der Waals surface area (Å²) < 4.78 is 0. The standard InChI is InChI=1S/C15H20/c1-5-12-8-14-7-10(3)11(4)15(14)9-13(12)6-2/h8-9H,5-7H2,1-4H3. The molecule has 0 amide bonds. The first-order valence-electron chi connectivity index (χ1n) is 5.98. The monoisotopic (exact) mass is 200 g/mol. The molecule has 0 fully saturated rings. The summed E-state index contributed by atoms with van der Waals surface area (Å²) in [5.74, 6) is 0. The van der Waals surface area contributed by atoms with Crippen LogP contribution >= 0.6 is 0 Å². The van der Waals surface area contributed by atoms with Gasteiger partial charge in [0.25, 0.3) is 0 Å². The lowest BCUT2D eigenvalue weighted by atomic mass is 9.95. The van der Waals surface area contributed by atoms with Gasteiger partial charge in [-0.15, -0.1) is 0 Å². The lowest BCUT2D eigenvalue weighted by molar-refractivity contribution is 1.02. The zero-order valence-corrected chi connectivity index (χ0v) is 10.3. The number of fused-ring (bicyclic) bond motifs is 1. The summed E-state index contributed by atoms with van der Waals surface area (Å²) in [7, 11) is 0. The van der Waals surface area contributed by atoms with E-state index in [1.54, 1.807) is 16.7 Å². The lowest BCUT2D eigenvalue weighted by Crippen LogP contribution is -1.95. The lowest BCUT2D eigenvalue weighted by Gasteiger charge is -2.10. The Morgan fingerprint density at radius 2 is 1.60 bits per heavy atom. The van der Waals surface area contributed by atoms with Crippen molar-refractivity contribution in [1.82, 2.24) is 0 Å². The van der Waals surface area contributed by atoms with Crippen molar-refractivity contribution in [2.24, 2.45) is 0 Å². The molecular formula is C15H20. The molecule has 0 bridgehead atoms. The van der Waals surface area contributed by atoms with Crippen LogP contribution in [0.2, 0.25) is 0 Å². The van der Waals surface area contributed by atoms with E-state index in [1.807, 2.05) is 0 Å².